The van der Waals surface area contributed by atoms with Gasteiger partial charge in [-0.2, -0.15) is 0 Å². The number of rotatable bonds is 3. The Labute approximate surface area is 108 Å². The lowest BCUT2D eigenvalue weighted by molar-refractivity contribution is 0.156. The molecular formula is C11H20ClN3S. The van der Waals surface area contributed by atoms with Gasteiger partial charge in [0, 0.05) is 24.2 Å². The van der Waals surface area contributed by atoms with Gasteiger partial charge in [-0.05, 0) is 33.4 Å². The predicted octanol–water partition coefficient (Wildman–Crippen LogP) is 2.31. The van der Waals surface area contributed by atoms with Crippen molar-refractivity contribution >= 4 is 23.7 Å². The van der Waals surface area contributed by atoms with Gasteiger partial charge in [0.05, 0.1) is 6.04 Å². The summed E-state index contributed by atoms with van der Waals surface area (Å²) in [6, 6.07) is 1.10. The van der Waals surface area contributed by atoms with Gasteiger partial charge in [-0.1, -0.05) is 0 Å². The molecule has 2 atom stereocenters. The molecule has 92 valence electrons. The Hall–Kier alpha value is -0.160. The topological polar surface area (TPSA) is 28.2 Å². The smallest absolute Gasteiger partial charge is 0.109 e. The fraction of sp³-hybridized carbons (Fsp3) is 0.727. The third-order valence-corrected chi connectivity index (χ3v) is 4.21. The fourth-order valence-corrected chi connectivity index (χ4v) is 2.86. The molecule has 1 aromatic rings. The number of likely N-dealkylation sites (N-methyl/N-ethyl adjacent to an activating group) is 1. The third kappa shape index (κ3) is 3.17. The molecular weight excluding hydrogens is 242 g/mol. The summed E-state index contributed by atoms with van der Waals surface area (Å²) in [6.45, 7) is 4.54. The van der Waals surface area contributed by atoms with E-state index < -0.39 is 0 Å². The molecule has 0 bridgehead atoms. The van der Waals surface area contributed by atoms with E-state index in [0.29, 0.717) is 12.1 Å². The number of nitrogens with zero attached hydrogens (tertiary/aromatic N) is 2. The van der Waals surface area contributed by atoms with Crippen LogP contribution in [0, 0.1) is 0 Å². The minimum absolute atomic E-state index is 0. The molecule has 16 heavy (non-hydrogen) atoms. The van der Waals surface area contributed by atoms with Crippen LogP contribution in [0.5, 0.6) is 0 Å². The van der Waals surface area contributed by atoms with Gasteiger partial charge in [0.25, 0.3) is 0 Å². The lowest BCUT2D eigenvalue weighted by Gasteiger charge is -2.35. The van der Waals surface area contributed by atoms with Gasteiger partial charge >= 0.3 is 0 Å². The van der Waals surface area contributed by atoms with Crippen molar-refractivity contribution in [2.45, 2.75) is 31.8 Å². The highest BCUT2D eigenvalue weighted by Gasteiger charge is 2.23. The lowest BCUT2D eigenvalue weighted by Crippen LogP contribution is -2.45. The van der Waals surface area contributed by atoms with Crippen molar-refractivity contribution in [1.29, 1.82) is 0 Å². The highest BCUT2D eigenvalue weighted by atomic mass is 35.5. The number of thiazole rings is 1. The van der Waals surface area contributed by atoms with Crippen LogP contribution in [0.4, 0.5) is 0 Å². The Kier molecular flexibility index (Phi) is 5.69. The molecule has 1 N–H and O–H groups in total. The number of hydrogen-bond donors (Lipinski definition) is 1. The first-order chi connectivity index (χ1) is 7.29. The Bertz CT molecular complexity index is 285. The first-order valence-corrected chi connectivity index (χ1v) is 6.49. The van der Waals surface area contributed by atoms with Gasteiger partial charge in [0.2, 0.25) is 0 Å². The first-order valence-electron chi connectivity index (χ1n) is 5.61. The molecule has 1 aromatic heterocycles. The van der Waals surface area contributed by atoms with Crippen LogP contribution < -0.4 is 5.32 Å². The second-order valence-electron chi connectivity index (χ2n) is 4.21. The predicted molar refractivity (Wildman–Crippen MR) is 71.4 cm³/mol. The first kappa shape index (κ1) is 13.9. The second-order valence-corrected chi connectivity index (χ2v) is 5.14. The van der Waals surface area contributed by atoms with E-state index in [4.69, 9.17) is 0 Å². The van der Waals surface area contributed by atoms with Crippen molar-refractivity contribution in [3.8, 4) is 0 Å². The molecule has 0 radical (unpaired) electrons. The van der Waals surface area contributed by atoms with Crippen molar-refractivity contribution in [3.05, 3.63) is 16.6 Å². The summed E-state index contributed by atoms with van der Waals surface area (Å²) in [6.07, 6.45) is 4.49. The van der Waals surface area contributed by atoms with E-state index in [0.717, 1.165) is 6.54 Å². The highest BCUT2D eigenvalue weighted by Crippen LogP contribution is 2.24. The molecule has 1 unspecified atom stereocenters. The number of halogens is 1. The number of nitrogens with one attached hydrogen (secondary N) is 1. The average molecular weight is 262 g/mol. The van der Waals surface area contributed by atoms with E-state index in [1.807, 2.05) is 6.20 Å². The average Bonchev–Trinajstić information content (AvgIpc) is 2.82. The molecule has 0 amide bonds. The second kappa shape index (κ2) is 6.55. The summed E-state index contributed by atoms with van der Waals surface area (Å²) in [5.74, 6) is 0. The van der Waals surface area contributed by atoms with Crippen molar-refractivity contribution < 1.29 is 0 Å². The normalized spacial score (nSPS) is 22.8. The molecule has 3 nitrogen and oxygen atoms in total. The maximum Gasteiger partial charge on any atom is 0.109 e. The summed E-state index contributed by atoms with van der Waals surface area (Å²) in [5, 5.41) is 6.74. The van der Waals surface area contributed by atoms with Gasteiger partial charge in [-0.15, -0.1) is 23.7 Å². The minimum Gasteiger partial charge on any atom is -0.315 e. The molecule has 1 saturated heterocycles. The van der Waals surface area contributed by atoms with E-state index in [1.165, 1.54) is 24.4 Å². The maximum atomic E-state index is 4.39. The lowest BCUT2D eigenvalue weighted by atomic mass is 10.1. The van der Waals surface area contributed by atoms with Crippen molar-refractivity contribution in [1.82, 2.24) is 15.2 Å². The molecule has 0 aromatic carbocycles. The molecule has 2 rings (SSSR count). The Morgan fingerprint density at radius 2 is 2.44 bits per heavy atom. The molecule has 1 aliphatic heterocycles. The van der Waals surface area contributed by atoms with E-state index in [-0.39, 0.29) is 12.4 Å². The molecule has 0 aliphatic carbocycles. The zero-order valence-electron chi connectivity index (χ0n) is 9.85. The van der Waals surface area contributed by atoms with Crippen molar-refractivity contribution in [3.63, 3.8) is 0 Å². The van der Waals surface area contributed by atoms with Gasteiger partial charge in [-0.25, -0.2) is 4.98 Å². The molecule has 0 saturated carbocycles. The molecule has 1 aliphatic rings. The van der Waals surface area contributed by atoms with E-state index in [9.17, 15) is 0 Å². The number of piperidine rings is 1. The maximum absolute atomic E-state index is 4.39. The summed E-state index contributed by atoms with van der Waals surface area (Å²) in [4.78, 5) is 6.84. The quantitative estimate of drug-likeness (QED) is 0.905. The zero-order chi connectivity index (χ0) is 10.7. The fourth-order valence-electron chi connectivity index (χ4n) is 2.11. The zero-order valence-corrected chi connectivity index (χ0v) is 11.5. The van der Waals surface area contributed by atoms with Crippen LogP contribution in [0.15, 0.2) is 11.6 Å². The van der Waals surface area contributed by atoms with Crippen LogP contribution in [-0.2, 0) is 0 Å². The molecule has 5 heteroatoms. The van der Waals surface area contributed by atoms with Gasteiger partial charge < -0.3 is 5.32 Å². The number of aromatic nitrogens is 1. The Morgan fingerprint density at radius 1 is 1.62 bits per heavy atom. The number of hydrogen-bond acceptors (Lipinski definition) is 4. The Morgan fingerprint density at radius 3 is 3.00 bits per heavy atom. The molecule has 2 heterocycles. The van der Waals surface area contributed by atoms with Crippen LogP contribution in [-0.4, -0.2) is 36.1 Å². The van der Waals surface area contributed by atoms with Crippen LogP contribution in [0.25, 0.3) is 0 Å². The standard InChI is InChI=1S/C11H19N3S.ClH/c1-9(11-13-6-7-15-11)14(2)10-4-3-5-12-8-10;/h6-7,9-10,12H,3-5,8H2,1-2H3;1H/t9?,10-;/m1./s1. The largest absolute Gasteiger partial charge is 0.315 e. The minimum atomic E-state index is 0. The van der Waals surface area contributed by atoms with E-state index in [2.05, 4.69) is 34.6 Å². The van der Waals surface area contributed by atoms with Gasteiger partial charge in [0.1, 0.15) is 5.01 Å². The monoisotopic (exact) mass is 261 g/mol. The van der Waals surface area contributed by atoms with Crippen LogP contribution >= 0.6 is 23.7 Å². The van der Waals surface area contributed by atoms with Crippen LogP contribution in [0.3, 0.4) is 0 Å². The molecule has 1 fully saturated rings. The Balaban J connectivity index is 0.00000128. The SMILES string of the molecule is CC(c1nccs1)N(C)[C@@H]1CCCNC1.Cl. The van der Waals surface area contributed by atoms with Crippen LogP contribution in [0.1, 0.15) is 30.8 Å². The van der Waals surface area contributed by atoms with Crippen molar-refractivity contribution in [2.24, 2.45) is 0 Å². The van der Waals surface area contributed by atoms with Gasteiger partial charge in [0.15, 0.2) is 0 Å². The highest BCUT2D eigenvalue weighted by molar-refractivity contribution is 7.09. The van der Waals surface area contributed by atoms with Crippen LogP contribution in [0.2, 0.25) is 0 Å². The van der Waals surface area contributed by atoms with Crippen molar-refractivity contribution in [2.75, 3.05) is 20.1 Å². The van der Waals surface area contributed by atoms with Gasteiger partial charge in [-0.3, -0.25) is 4.90 Å². The summed E-state index contributed by atoms with van der Waals surface area (Å²) in [7, 11) is 2.21. The molecule has 0 spiro atoms. The summed E-state index contributed by atoms with van der Waals surface area (Å²) < 4.78 is 0. The third-order valence-electron chi connectivity index (χ3n) is 3.27. The van der Waals surface area contributed by atoms with E-state index >= 15 is 0 Å². The van der Waals surface area contributed by atoms with E-state index in [1.54, 1.807) is 11.3 Å². The summed E-state index contributed by atoms with van der Waals surface area (Å²) >= 11 is 1.75. The summed E-state index contributed by atoms with van der Waals surface area (Å²) in [5.41, 5.74) is 0.